The maximum absolute atomic E-state index is 11.6. The second-order valence-corrected chi connectivity index (χ2v) is 7.09. The van der Waals surface area contributed by atoms with E-state index in [1.807, 2.05) is 12.1 Å². The Morgan fingerprint density at radius 3 is 2.70 bits per heavy atom. The molecule has 144 valence electrons. The Bertz CT molecular complexity index is 843. The number of amides is 1. The number of hydrogen-bond donors (Lipinski definition) is 2. The van der Waals surface area contributed by atoms with Crippen LogP contribution in [-0.4, -0.2) is 31.3 Å². The highest BCUT2D eigenvalue weighted by atomic mass is 79.9. The van der Waals surface area contributed by atoms with E-state index in [0.717, 1.165) is 11.1 Å². The molecule has 0 atom stereocenters. The summed E-state index contributed by atoms with van der Waals surface area (Å²) in [6.45, 7) is 0.381. The zero-order chi connectivity index (χ0) is 19.8. The van der Waals surface area contributed by atoms with Gasteiger partial charge in [-0.05, 0) is 57.4 Å². The predicted molar refractivity (Wildman–Crippen MR) is 111 cm³/mol. The summed E-state index contributed by atoms with van der Waals surface area (Å²) in [5.74, 6) is 0.754. The first-order valence-electron chi connectivity index (χ1n) is 7.95. The van der Waals surface area contributed by atoms with Crippen molar-refractivity contribution in [2.24, 2.45) is 0 Å². The second-order valence-electron chi connectivity index (χ2n) is 5.42. The van der Waals surface area contributed by atoms with Crippen molar-refractivity contribution in [2.75, 3.05) is 20.3 Å². The third-order valence-corrected chi connectivity index (χ3v) is 4.79. The summed E-state index contributed by atoms with van der Waals surface area (Å²) in [5.41, 5.74) is 1.61. The SMILES string of the molecule is COc1cc(/C=C/C(=O)NCCO)cc(Br)c1OCc1ccc(Cl)c(Cl)c1. The summed E-state index contributed by atoms with van der Waals surface area (Å²) in [4.78, 5) is 11.6. The van der Waals surface area contributed by atoms with Crippen molar-refractivity contribution in [2.45, 2.75) is 6.61 Å². The molecule has 8 heteroatoms. The first-order chi connectivity index (χ1) is 12.9. The van der Waals surface area contributed by atoms with Gasteiger partial charge in [0, 0.05) is 12.6 Å². The molecule has 0 fully saturated rings. The lowest BCUT2D eigenvalue weighted by Crippen LogP contribution is -2.24. The van der Waals surface area contributed by atoms with Crippen molar-refractivity contribution in [1.82, 2.24) is 5.32 Å². The Labute approximate surface area is 176 Å². The molecular formula is C19H18BrCl2NO4. The van der Waals surface area contributed by atoms with Crippen molar-refractivity contribution >= 4 is 51.1 Å². The average molecular weight is 475 g/mol. The molecule has 27 heavy (non-hydrogen) atoms. The predicted octanol–water partition coefficient (Wildman–Crippen LogP) is 4.47. The van der Waals surface area contributed by atoms with Crippen LogP contribution in [0.1, 0.15) is 11.1 Å². The van der Waals surface area contributed by atoms with Crippen LogP contribution in [0, 0.1) is 0 Å². The van der Waals surface area contributed by atoms with Gasteiger partial charge in [-0.2, -0.15) is 0 Å². The van der Waals surface area contributed by atoms with Gasteiger partial charge >= 0.3 is 0 Å². The third kappa shape index (κ3) is 6.43. The van der Waals surface area contributed by atoms with Gasteiger partial charge in [0.15, 0.2) is 11.5 Å². The van der Waals surface area contributed by atoms with Gasteiger partial charge in [0.05, 0.1) is 28.2 Å². The normalized spacial score (nSPS) is 10.9. The average Bonchev–Trinajstić information content (AvgIpc) is 2.66. The van der Waals surface area contributed by atoms with Gasteiger partial charge in [-0.25, -0.2) is 0 Å². The minimum Gasteiger partial charge on any atom is -0.493 e. The molecule has 0 saturated carbocycles. The van der Waals surface area contributed by atoms with Crippen molar-refractivity contribution in [1.29, 1.82) is 0 Å². The van der Waals surface area contributed by atoms with Crippen LogP contribution in [0.3, 0.4) is 0 Å². The van der Waals surface area contributed by atoms with Crippen LogP contribution < -0.4 is 14.8 Å². The van der Waals surface area contributed by atoms with Crippen LogP contribution in [0.2, 0.25) is 10.0 Å². The number of nitrogens with one attached hydrogen (secondary N) is 1. The van der Waals surface area contributed by atoms with E-state index in [0.29, 0.717) is 26.0 Å². The second kappa shape index (κ2) is 10.6. The molecule has 5 nitrogen and oxygen atoms in total. The van der Waals surface area contributed by atoms with Crippen LogP contribution >= 0.6 is 39.1 Å². The minimum absolute atomic E-state index is 0.107. The molecule has 0 heterocycles. The van der Waals surface area contributed by atoms with Gasteiger partial charge in [-0.3, -0.25) is 4.79 Å². The number of ether oxygens (including phenoxy) is 2. The van der Waals surface area contributed by atoms with E-state index in [2.05, 4.69) is 21.2 Å². The van der Waals surface area contributed by atoms with E-state index >= 15 is 0 Å². The molecule has 2 rings (SSSR count). The monoisotopic (exact) mass is 473 g/mol. The molecule has 0 spiro atoms. The zero-order valence-corrected chi connectivity index (χ0v) is 17.6. The van der Waals surface area contributed by atoms with Crippen molar-refractivity contribution < 1.29 is 19.4 Å². The van der Waals surface area contributed by atoms with E-state index in [4.69, 9.17) is 37.8 Å². The van der Waals surface area contributed by atoms with Crippen LogP contribution in [0.5, 0.6) is 11.5 Å². The van der Waals surface area contributed by atoms with Crippen molar-refractivity contribution in [3.8, 4) is 11.5 Å². The summed E-state index contributed by atoms with van der Waals surface area (Å²) in [6.07, 6.45) is 3.02. The molecule has 0 aliphatic heterocycles. The highest BCUT2D eigenvalue weighted by molar-refractivity contribution is 9.10. The Morgan fingerprint density at radius 1 is 1.26 bits per heavy atom. The molecule has 2 N–H and O–H groups in total. The van der Waals surface area contributed by atoms with Gasteiger partial charge in [-0.15, -0.1) is 0 Å². The highest BCUT2D eigenvalue weighted by Gasteiger charge is 2.12. The molecule has 0 radical (unpaired) electrons. The molecule has 0 unspecified atom stereocenters. The Kier molecular flexibility index (Phi) is 8.44. The fourth-order valence-corrected chi connectivity index (χ4v) is 3.07. The summed E-state index contributed by atoms with van der Waals surface area (Å²) >= 11 is 15.4. The van der Waals surface area contributed by atoms with E-state index in [9.17, 15) is 4.79 Å². The largest absolute Gasteiger partial charge is 0.493 e. The van der Waals surface area contributed by atoms with E-state index < -0.39 is 0 Å². The van der Waals surface area contributed by atoms with Gasteiger partial charge in [0.25, 0.3) is 0 Å². The van der Waals surface area contributed by atoms with E-state index in [1.54, 1.807) is 24.3 Å². The number of hydrogen-bond acceptors (Lipinski definition) is 4. The third-order valence-electron chi connectivity index (χ3n) is 3.46. The van der Waals surface area contributed by atoms with Crippen LogP contribution in [0.4, 0.5) is 0 Å². The summed E-state index contributed by atoms with van der Waals surface area (Å²) < 4.78 is 11.9. The number of benzene rings is 2. The Balaban J connectivity index is 2.14. The van der Waals surface area contributed by atoms with Gasteiger partial charge in [-0.1, -0.05) is 29.3 Å². The maximum atomic E-state index is 11.6. The number of methoxy groups -OCH3 is 1. The van der Waals surface area contributed by atoms with Crippen LogP contribution in [-0.2, 0) is 11.4 Å². The fourth-order valence-electron chi connectivity index (χ4n) is 2.17. The summed E-state index contributed by atoms with van der Waals surface area (Å²) in [6, 6.07) is 8.85. The van der Waals surface area contributed by atoms with Gasteiger partial charge in [0.2, 0.25) is 5.91 Å². The Hall–Kier alpha value is -1.73. The molecule has 0 aliphatic rings. The number of halogens is 3. The van der Waals surface area contributed by atoms with Gasteiger partial charge in [0.1, 0.15) is 6.61 Å². The lowest BCUT2D eigenvalue weighted by Gasteiger charge is -2.14. The lowest BCUT2D eigenvalue weighted by atomic mass is 10.2. The first-order valence-corrected chi connectivity index (χ1v) is 9.50. The topological polar surface area (TPSA) is 67.8 Å². The van der Waals surface area contributed by atoms with Crippen LogP contribution in [0.25, 0.3) is 6.08 Å². The molecule has 0 saturated heterocycles. The van der Waals surface area contributed by atoms with Gasteiger partial charge < -0.3 is 19.9 Å². The van der Waals surface area contributed by atoms with E-state index in [-0.39, 0.29) is 25.7 Å². The Morgan fingerprint density at radius 2 is 2.04 bits per heavy atom. The molecule has 0 bridgehead atoms. The molecule has 1 amide bonds. The number of aliphatic hydroxyl groups excluding tert-OH is 1. The summed E-state index contributed by atoms with van der Waals surface area (Å²) in [7, 11) is 1.54. The standard InChI is InChI=1S/C19H18BrCl2NO4/c1-26-17-10-12(3-5-18(25)23-6-7-24)8-14(20)19(17)27-11-13-2-4-15(21)16(22)9-13/h2-5,8-10,24H,6-7,11H2,1H3,(H,23,25)/b5-3+. The number of rotatable bonds is 8. The maximum Gasteiger partial charge on any atom is 0.244 e. The minimum atomic E-state index is -0.293. The van der Waals surface area contributed by atoms with Crippen molar-refractivity contribution in [3.05, 3.63) is 62.1 Å². The quantitative estimate of drug-likeness (QED) is 0.554. The zero-order valence-electron chi connectivity index (χ0n) is 14.5. The molecule has 0 aromatic heterocycles. The smallest absolute Gasteiger partial charge is 0.244 e. The van der Waals surface area contributed by atoms with Crippen LogP contribution in [0.15, 0.2) is 40.9 Å². The van der Waals surface area contributed by atoms with Crippen molar-refractivity contribution in [3.63, 3.8) is 0 Å². The first kappa shape index (κ1) is 21.6. The number of aliphatic hydroxyl groups is 1. The summed E-state index contributed by atoms with van der Waals surface area (Å²) in [5, 5.41) is 12.2. The van der Waals surface area contributed by atoms with E-state index in [1.165, 1.54) is 13.2 Å². The molecule has 2 aromatic carbocycles. The fraction of sp³-hybridized carbons (Fsp3) is 0.211. The number of carbonyl (C=O) groups excluding carboxylic acids is 1. The molecule has 0 aliphatic carbocycles. The molecule has 2 aromatic rings. The highest BCUT2D eigenvalue weighted by Crippen LogP contribution is 2.37. The lowest BCUT2D eigenvalue weighted by molar-refractivity contribution is -0.116. The molecular weight excluding hydrogens is 457 g/mol. The number of carbonyl (C=O) groups is 1.